The second-order valence-corrected chi connectivity index (χ2v) is 4.21. The summed E-state index contributed by atoms with van der Waals surface area (Å²) >= 11 is 0. The van der Waals surface area contributed by atoms with Crippen LogP contribution in [0.25, 0.3) is 0 Å². The number of amides is 3. The predicted octanol–water partition coefficient (Wildman–Crippen LogP) is -0.536. The fourth-order valence-corrected chi connectivity index (χ4v) is 1.66. The molecule has 0 unspecified atom stereocenters. The highest BCUT2D eigenvalue weighted by Crippen LogP contribution is 2.14. The van der Waals surface area contributed by atoms with E-state index in [9.17, 15) is 24.8 Å². The summed E-state index contributed by atoms with van der Waals surface area (Å²) in [4.78, 5) is 32.0. The molecule has 0 fully saturated rings. The summed E-state index contributed by atoms with van der Waals surface area (Å²) in [5.41, 5.74) is 7.27. The van der Waals surface area contributed by atoms with Crippen LogP contribution in [-0.2, 0) is 4.79 Å². The average molecular weight is 309 g/mol. The molecule has 10 heteroatoms. The molecular formula is C12H15N5O5. The molecule has 0 saturated carbocycles. The van der Waals surface area contributed by atoms with Crippen LogP contribution in [0.5, 0.6) is 0 Å². The van der Waals surface area contributed by atoms with Gasteiger partial charge in [-0.3, -0.25) is 14.9 Å². The number of hydrogen-bond acceptors (Lipinski definition) is 6. The maximum absolute atomic E-state index is 11.2. The first-order chi connectivity index (χ1) is 10.3. The molecule has 1 aromatic rings. The smallest absolute Gasteiger partial charge is 0.332 e. The number of primary amides is 1. The van der Waals surface area contributed by atoms with E-state index in [2.05, 4.69) is 10.4 Å². The van der Waals surface area contributed by atoms with Gasteiger partial charge in [0.15, 0.2) is 0 Å². The van der Waals surface area contributed by atoms with Gasteiger partial charge in [-0.15, -0.1) is 0 Å². The normalized spacial score (nSPS) is 12.4. The van der Waals surface area contributed by atoms with Crippen molar-refractivity contribution < 1.29 is 19.6 Å². The van der Waals surface area contributed by atoms with Gasteiger partial charge in [0.05, 0.1) is 23.3 Å². The molecule has 0 aliphatic heterocycles. The molecule has 0 aliphatic carbocycles. The zero-order valence-corrected chi connectivity index (χ0v) is 11.6. The number of nitro benzene ring substituents is 1. The van der Waals surface area contributed by atoms with Crippen LogP contribution in [0.15, 0.2) is 29.4 Å². The minimum Gasteiger partial charge on any atom is -0.394 e. The first-order valence-corrected chi connectivity index (χ1v) is 6.11. The second kappa shape index (κ2) is 7.69. The summed E-state index contributed by atoms with van der Waals surface area (Å²) in [7, 11) is 0. The monoisotopic (exact) mass is 309 g/mol. The number of carbonyl (C=O) groups excluding carboxylic acids is 2. The van der Waals surface area contributed by atoms with Crippen molar-refractivity contribution >= 4 is 23.3 Å². The zero-order chi connectivity index (χ0) is 16.7. The van der Waals surface area contributed by atoms with Gasteiger partial charge in [0.25, 0.3) is 5.69 Å². The SMILES string of the molecule is CC(=O)N[C@@H](CO)/C(=N\NC(N)=O)c1ccc([N+](=O)[O-])cc1. The van der Waals surface area contributed by atoms with Gasteiger partial charge in [-0.05, 0) is 12.1 Å². The van der Waals surface area contributed by atoms with E-state index in [1.54, 1.807) is 0 Å². The molecule has 1 atom stereocenters. The Labute approximate surface area is 125 Å². The Morgan fingerprint density at radius 3 is 2.41 bits per heavy atom. The molecule has 0 saturated heterocycles. The Morgan fingerprint density at radius 1 is 1.41 bits per heavy atom. The number of nitrogens with zero attached hydrogens (tertiary/aromatic N) is 2. The van der Waals surface area contributed by atoms with Crippen molar-refractivity contribution in [3.8, 4) is 0 Å². The fraction of sp³-hybridized carbons (Fsp3) is 0.250. The van der Waals surface area contributed by atoms with E-state index < -0.39 is 29.5 Å². The summed E-state index contributed by atoms with van der Waals surface area (Å²) in [6.07, 6.45) is 0. The third-order valence-electron chi connectivity index (χ3n) is 2.55. The third kappa shape index (κ3) is 4.83. The van der Waals surface area contributed by atoms with E-state index in [1.807, 2.05) is 5.43 Å². The summed E-state index contributed by atoms with van der Waals surface area (Å²) in [5, 5.41) is 26.2. The third-order valence-corrected chi connectivity index (χ3v) is 2.55. The summed E-state index contributed by atoms with van der Waals surface area (Å²) in [6, 6.07) is 3.38. The number of carbonyl (C=O) groups is 2. The number of hydrazone groups is 1. The number of rotatable bonds is 6. The van der Waals surface area contributed by atoms with Crippen LogP contribution in [-0.4, -0.2) is 40.3 Å². The summed E-state index contributed by atoms with van der Waals surface area (Å²) in [5.74, 6) is -0.423. The van der Waals surface area contributed by atoms with E-state index in [-0.39, 0.29) is 11.4 Å². The minimum atomic E-state index is -0.932. The number of urea groups is 1. The quantitative estimate of drug-likeness (QED) is 0.315. The van der Waals surface area contributed by atoms with Crippen molar-refractivity contribution in [1.82, 2.24) is 10.7 Å². The lowest BCUT2D eigenvalue weighted by Crippen LogP contribution is -2.44. The number of non-ortho nitro benzene ring substituents is 1. The molecule has 10 nitrogen and oxygen atoms in total. The van der Waals surface area contributed by atoms with Crippen LogP contribution in [0, 0.1) is 10.1 Å². The number of nitrogens with one attached hydrogen (secondary N) is 2. The number of nitrogens with two attached hydrogens (primary N) is 1. The molecular weight excluding hydrogens is 294 g/mol. The minimum absolute atomic E-state index is 0.103. The van der Waals surface area contributed by atoms with Crippen molar-refractivity contribution in [3.63, 3.8) is 0 Å². The van der Waals surface area contributed by atoms with E-state index in [4.69, 9.17) is 5.73 Å². The second-order valence-electron chi connectivity index (χ2n) is 4.21. The Bertz CT molecular complexity index is 598. The molecule has 0 bridgehead atoms. The van der Waals surface area contributed by atoms with Crippen LogP contribution in [0.1, 0.15) is 12.5 Å². The zero-order valence-electron chi connectivity index (χ0n) is 11.6. The standard InChI is InChI=1S/C12H15N5O5/c1-7(19)14-10(6-18)11(15-16-12(13)20)8-2-4-9(5-3-8)17(21)22/h2-5,10,18H,6H2,1H3,(H,14,19)(H3,13,16,20)/b15-11-/t10-/m0/s1. The van der Waals surface area contributed by atoms with E-state index in [0.717, 1.165) is 0 Å². The molecule has 0 aromatic heterocycles. The fourth-order valence-electron chi connectivity index (χ4n) is 1.66. The largest absolute Gasteiger partial charge is 0.394 e. The topological polar surface area (TPSA) is 160 Å². The van der Waals surface area contributed by atoms with Crippen LogP contribution in [0.4, 0.5) is 10.5 Å². The van der Waals surface area contributed by atoms with Gasteiger partial charge in [-0.1, -0.05) is 0 Å². The molecule has 0 spiro atoms. The maximum atomic E-state index is 11.2. The van der Waals surface area contributed by atoms with Crippen molar-refractivity contribution in [2.45, 2.75) is 13.0 Å². The van der Waals surface area contributed by atoms with Crippen LogP contribution < -0.4 is 16.5 Å². The average Bonchev–Trinajstić information content (AvgIpc) is 2.45. The lowest BCUT2D eigenvalue weighted by atomic mass is 10.0. The Balaban J connectivity index is 3.18. The molecule has 0 aliphatic rings. The number of aliphatic hydroxyl groups is 1. The van der Waals surface area contributed by atoms with Gasteiger partial charge in [0, 0.05) is 24.6 Å². The lowest BCUT2D eigenvalue weighted by Gasteiger charge is -2.18. The van der Waals surface area contributed by atoms with E-state index in [1.165, 1.54) is 31.2 Å². The van der Waals surface area contributed by atoms with Crippen LogP contribution in [0.3, 0.4) is 0 Å². The molecule has 1 rings (SSSR count). The van der Waals surface area contributed by atoms with Gasteiger partial charge in [0.2, 0.25) is 5.91 Å². The van der Waals surface area contributed by atoms with Gasteiger partial charge in [-0.25, -0.2) is 10.2 Å². The summed E-state index contributed by atoms with van der Waals surface area (Å²) < 4.78 is 0. The van der Waals surface area contributed by atoms with Crippen molar-refractivity contribution in [3.05, 3.63) is 39.9 Å². The molecule has 22 heavy (non-hydrogen) atoms. The highest BCUT2D eigenvalue weighted by molar-refractivity contribution is 6.06. The molecule has 3 amide bonds. The van der Waals surface area contributed by atoms with Crippen molar-refractivity contribution in [1.29, 1.82) is 0 Å². The molecule has 118 valence electrons. The molecule has 5 N–H and O–H groups in total. The number of benzene rings is 1. The van der Waals surface area contributed by atoms with E-state index in [0.29, 0.717) is 5.56 Å². The van der Waals surface area contributed by atoms with Gasteiger partial charge in [-0.2, -0.15) is 5.10 Å². The highest BCUT2D eigenvalue weighted by atomic mass is 16.6. The molecule has 0 heterocycles. The van der Waals surface area contributed by atoms with Gasteiger partial charge >= 0.3 is 6.03 Å². The number of nitro groups is 1. The molecule has 0 radical (unpaired) electrons. The number of hydrogen-bond donors (Lipinski definition) is 4. The predicted molar refractivity (Wildman–Crippen MR) is 77.0 cm³/mol. The van der Waals surface area contributed by atoms with Crippen molar-refractivity contribution in [2.24, 2.45) is 10.8 Å². The number of aliphatic hydroxyl groups excluding tert-OH is 1. The first kappa shape index (κ1) is 17.0. The lowest BCUT2D eigenvalue weighted by molar-refractivity contribution is -0.384. The van der Waals surface area contributed by atoms with E-state index >= 15 is 0 Å². The Morgan fingerprint density at radius 2 is 2.00 bits per heavy atom. The van der Waals surface area contributed by atoms with Gasteiger partial charge < -0.3 is 16.2 Å². The first-order valence-electron chi connectivity index (χ1n) is 6.11. The van der Waals surface area contributed by atoms with Crippen molar-refractivity contribution in [2.75, 3.05) is 6.61 Å². The molecule has 1 aromatic carbocycles. The van der Waals surface area contributed by atoms with Crippen LogP contribution >= 0.6 is 0 Å². The Kier molecular flexibility index (Phi) is 5.96. The van der Waals surface area contributed by atoms with Gasteiger partial charge in [0.1, 0.15) is 0 Å². The van der Waals surface area contributed by atoms with Crippen LogP contribution in [0.2, 0.25) is 0 Å². The maximum Gasteiger partial charge on any atom is 0.332 e. The highest BCUT2D eigenvalue weighted by Gasteiger charge is 2.19. The summed E-state index contributed by atoms with van der Waals surface area (Å²) in [6.45, 7) is 0.757. The Hall–Kier alpha value is -3.01.